The lowest BCUT2D eigenvalue weighted by Gasteiger charge is -2.16. The summed E-state index contributed by atoms with van der Waals surface area (Å²) in [5, 5.41) is 7.16. The Morgan fingerprint density at radius 2 is 1.95 bits per heavy atom. The van der Waals surface area contributed by atoms with Gasteiger partial charge >= 0.3 is 0 Å². The van der Waals surface area contributed by atoms with Crippen LogP contribution in [0, 0.1) is 19.7 Å². The molecule has 0 spiro atoms. The van der Waals surface area contributed by atoms with E-state index in [1.54, 1.807) is 0 Å². The molecule has 0 atom stereocenters. The van der Waals surface area contributed by atoms with Gasteiger partial charge in [-0.1, -0.05) is 0 Å². The molecular weight excluding hydrogens is 245 g/mol. The minimum absolute atomic E-state index is 0.415. The van der Waals surface area contributed by atoms with Crippen molar-refractivity contribution in [3.8, 4) is 0 Å². The lowest BCUT2D eigenvalue weighted by atomic mass is 10.1. The van der Waals surface area contributed by atoms with Gasteiger partial charge in [-0.25, -0.2) is 14.4 Å². The highest BCUT2D eigenvalue weighted by Crippen LogP contribution is 2.13. The van der Waals surface area contributed by atoms with E-state index in [9.17, 15) is 4.39 Å². The van der Waals surface area contributed by atoms with Gasteiger partial charge in [0.15, 0.2) is 5.82 Å². The van der Waals surface area contributed by atoms with Crippen LogP contribution < -0.4 is 4.90 Å². The van der Waals surface area contributed by atoms with Crippen LogP contribution in [0.2, 0.25) is 0 Å². The van der Waals surface area contributed by atoms with Gasteiger partial charge in [0.05, 0.1) is 18.1 Å². The molecule has 0 fully saturated rings. The summed E-state index contributed by atoms with van der Waals surface area (Å²) < 4.78 is 12.7. The zero-order valence-corrected chi connectivity index (χ0v) is 11.4. The third kappa shape index (κ3) is 3.27. The van der Waals surface area contributed by atoms with Crippen molar-refractivity contribution in [2.45, 2.75) is 26.7 Å². The second-order valence-electron chi connectivity index (χ2n) is 4.64. The summed E-state index contributed by atoms with van der Waals surface area (Å²) in [6.45, 7) is 4.85. The molecule has 5 nitrogen and oxygen atoms in total. The minimum Gasteiger partial charge on any atom is -0.344 e. The summed E-state index contributed by atoms with van der Waals surface area (Å²) >= 11 is 0. The van der Waals surface area contributed by atoms with Crippen molar-refractivity contribution in [2.24, 2.45) is 0 Å². The molecule has 0 aliphatic heterocycles. The van der Waals surface area contributed by atoms with E-state index in [1.807, 2.05) is 25.8 Å². The predicted molar refractivity (Wildman–Crippen MR) is 71.6 cm³/mol. The van der Waals surface area contributed by atoms with E-state index in [4.69, 9.17) is 0 Å². The summed E-state index contributed by atoms with van der Waals surface area (Å²) in [5.74, 6) is 0.129. The first kappa shape index (κ1) is 13.5. The molecule has 2 aromatic heterocycles. The van der Waals surface area contributed by atoms with Crippen LogP contribution in [0.25, 0.3) is 0 Å². The molecule has 2 rings (SSSR count). The van der Waals surface area contributed by atoms with Gasteiger partial charge in [-0.15, -0.1) is 0 Å². The number of nitrogens with zero attached hydrogens (tertiary/aromatic N) is 4. The quantitative estimate of drug-likeness (QED) is 0.896. The molecule has 2 heterocycles. The third-order valence-corrected chi connectivity index (χ3v) is 3.15. The zero-order chi connectivity index (χ0) is 13.8. The highest BCUT2D eigenvalue weighted by Gasteiger charge is 2.08. The second-order valence-corrected chi connectivity index (χ2v) is 4.64. The maximum atomic E-state index is 12.7. The van der Waals surface area contributed by atoms with Crippen molar-refractivity contribution in [2.75, 3.05) is 18.5 Å². The zero-order valence-electron chi connectivity index (χ0n) is 11.4. The van der Waals surface area contributed by atoms with E-state index >= 15 is 0 Å². The Balaban J connectivity index is 1.87. The van der Waals surface area contributed by atoms with E-state index in [2.05, 4.69) is 20.2 Å². The molecule has 1 N–H and O–H groups in total. The largest absolute Gasteiger partial charge is 0.344 e. The fourth-order valence-electron chi connectivity index (χ4n) is 2.04. The van der Waals surface area contributed by atoms with Gasteiger partial charge in [0.2, 0.25) is 5.95 Å². The highest BCUT2D eigenvalue weighted by molar-refractivity contribution is 5.27. The molecule has 0 saturated heterocycles. The van der Waals surface area contributed by atoms with Gasteiger partial charge in [0.25, 0.3) is 0 Å². The summed E-state index contributed by atoms with van der Waals surface area (Å²) in [5.41, 5.74) is 3.45. The van der Waals surface area contributed by atoms with E-state index in [0.717, 1.165) is 30.8 Å². The molecule has 0 amide bonds. The van der Waals surface area contributed by atoms with Gasteiger partial charge in [-0.2, -0.15) is 5.10 Å². The van der Waals surface area contributed by atoms with Crippen LogP contribution in [0.15, 0.2) is 12.4 Å². The average Bonchev–Trinajstić information content (AvgIpc) is 2.71. The van der Waals surface area contributed by atoms with Crippen LogP contribution in [-0.4, -0.2) is 33.8 Å². The number of hydrogen-bond donors (Lipinski definition) is 1. The molecule has 6 heteroatoms. The Morgan fingerprint density at radius 3 is 2.53 bits per heavy atom. The number of aromatic amines is 1. The van der Waals surface area contributed by atoms with Crippen molar-refractivity contribution in [1.29, 1.82) is 0 Å². The lowest BCUT2D eigenvalue weighted by Crippen LogP contribution is -2.21. The molecule has 0 radical (unpaired) electrons. The number of hydrogen-bond acceptors (Lipinski definition) is 4. The van der Waals surface area contributed by atoms with Gasteiger partial charge < -0.3 is 4.90 Å². The van der Waals surface area contributed by atoms with Crippen LogP contribution in [0.5, 0.6) is 0 Å². The molecule has 0 aromatic carbocycles. The van der Waals surface area contributed by atoms with Crippen molar-refractivity contribution >= 4 is 5.95 Å². The topological polar surface area (TPSA) is 57.7 Å². The normalized spacial score (nSPS) is 10.7. The summed E-state index contributed by atoms with van der Waals surface area (Å²) in [7, 11) is 1.91. The van der Waals surface area contributed by atoms with E-state index in [-0.39, 0.29) is 0 Å². The molecule has 0 bridgehead atoms. The highest BCUT2D eigenvalue weighted by atomic mass is 19.1. The molecule has 19 heavy (non-hydrogen) atoms. The Labute approximate surface area is 111 Å². The van der Waals surface area contributed by atoms with Crippen molar-refractivity contribution in [3.05, 3.63) is 35.2 Å². The summed E-state index contributed by atoms with van der Waals surface area (Å²) in [4.78, 5) is 9.82. The van der Waals surface area contributed by atoms with Gasteiger partial charge in [-0.3, -0.25) is 5.10 Å². The molecule has 0 aliphatic rings. The number of nitrogens with one attached hydrogen (secondary N) is 1. The van der Waals surface area contributed by atoms with Crippen LogP contribution in [0.1, 0.15) is 23.4 Å². The van der Waals surface area contributed by atoms with Crippen LogP contribution in [0.4, 0.5) is 10.3 Å². The van der Waals surface area contributed by atoms with Crippen molar-refractivity contribution in [3.63, 3.8) is 0 Å². The molecule has 0 saturated carbocycles. The number of aromatic nitrogens is 4. The fraction of sp³-hybridized carbons (Fsp3) is 0.462. The Morgan fingerprint density at radius 1 is 1.26 bits per heavy atom. The standard InChI is InChI=1S/C13H18FN5/c1-9-12(10(2)18-17-9)5-4-6-19(3)13-15-7-11(14)8-16-13/h7-8H,4-6H2,1-3H3,(H,17,18). The Kier molecular flexibility index (Phi) is 4.09. The molecular formula is C13H18FN5. The Bertz CT molecular complexity index is 515. The van der Waals surface area contributed by atoms with Crippen LogP contribution in [0.3, 0.4) is 0 Å². The summed E-state index contributed by atoms with van der Waals surface area (Å²) in [6, 6.07) is 0. The SMILES string of the molecule is Cc1n[nH]c(C)c1CCCN(C)c1ncc(F)cn1. The Hall–Kier alpha value is -1.98. The van der Waals surface area contributed by atoms with E-state index < -0.39 is 5.82 Å². The number of rotatable bonds is 5. The maximum absolute atomic E-state index is 12.7. The van der Waals surface area contributed by atoms with Crippen LogP contribution >= 0.6 is 0 Å². The van der Waals surface area contributed by atoms with Crippen LogP contribution in [-0.2, 0) is 6.42 Å². The maximum Gasteiger partial charge on any atom is 0.225 e. The number of H-pyrrole nitrogens is 1. The summed E-state index contributed by atoms with van der Waals surface area (Å²) in [6.07, 6.45) is 4.30. The second kappa shape index (κ2) is 5.77. The lowest BCUT2D eigenvalue weighted by molar-refractivity contribution is 0.611. The first-order valence-corrected chi connectivity index (χ1v) is 6.27. The smallest absolute Gasteiger partial charge is 0.225 e. The van der Waals surface area contributed by atoms with E-state index in [1.165, 1.54) is 18.0 Å². The molecule has 0 aliphatic carbocycles. The van der Waals surface area contributed by atoms with Gasteiger partial charge in [0.1, 0.15) is 0 Å². The molecule has 102 valence electrons. The number of aryl methyl sites for hydroxylation is 2. The predicted octanol–water partition coefficient (Wildman–Crippen LogP) is 2.02. The van der Waals surface area contributed by atoms with Gasteiger partial charge in [-0.05, 0) is 32.3 Å². The minimum atomic E-state index is -0.415. The molecule has 0 unspecified atom stereocenters. The molecule has 2 aromatic rings. The fourth-order valence-corrected chi connectivity index (χ4v) is 2.04. The first-order valence-electron chi connectivity index (χ1n) is 6.27. The van der Waals surface area contributed by atoms with Crippen molar-refractivity contribution < 1.29 is 4.39 Å². The van der Waals surface area contributed by atoms with Gasteiger partial charge in [0, 0.05) is 19.3 Å². The van der Waals surface area contributed by atoms with E-state index in [0.29, 0.717) is 5.95 Å². The average molecular weight is 263 g/mol. The third-order valence-electron chi connectivity index (χ3n) is 3.15. The first-order chi connectivity index (χ1) is 9.08. The monoisotopic (exact) mass is 263 g/mol. The number of anilines is 1. The number of halogens is 1. The van der Waals surface area contributed by atoms with Crippen molar-refractivity contribution in [1.82, 2.24) is 20.2 Å².